The van der Waals surface area contributed by atoms with Gasteiger partial charge in [0.05, 0.1) is 12.1 Å². The smallest absolute Gasteiger partial charge is 0.330 e. The van der Waals surface area contributed by atoms with Gasteiger partial charge in [-0.05, 0) is 42.1 Å². The highest BCUT2D eigenvalue weighted by Crippen LogP contribution is 2.13. The molecule has 0 aliphatic heterocycles. The molecule has 0 bridgehead atoms. The van der Waals surface area contributed by atoms with E-state index in [1.165, 1.54) is 11.6 Å². The largest absolute Gasteiger partial charge is 0.351 e. The van der Waals surface area contributed by atoms with Gasteiger partial charge in [-0.15, -0.1) is 11.3 Å². The molecule has 0 radical (unpaired) electrons. The summed E-state index contributed by atoms with van der Waals surface area (Å²) in [5, 5.41) is 4.79. The Morgan fingerprint density at radius 2 is 1.97 bits per heavy atom. The first kappa shape index (κ1) is 19.8. The van der Waals surface area contributed by atoms with Crippen LogP contribution in [0.25, 0.3) is 17.2 Å². The van der Waals surface area contributed by atoms with Crippen LogP contribution in [-0.4, -0.2) is 26.6 Å². The Morgan fingerprint density at radius 1 is 1.13 bits per heavy atom. The molecule has 6 nitrogen and oxygen atoms in total. The van der Waals surface area contributed by atoms with Crippen molar-refractivity contribution >= 4 is 34.5 Å². The molecule has 1 aromatic carbocycles. The summed E-state index contributed by atoms with van der Waals surface area (Å²) in [6.45, 7) is 3.21. The predicted octanol–water partition coefficient (Wildman–Crippen LogP) is 3.45. The number of amides is 1. The highest BCUT2D eigenvalue weighted by Gasteiger charge is 2.14. The number of aryl methyl sites for hydroxylation is 1. The molecule has 0 unspecified atom stereocenters. The molecule has 4 aromatic rings. The number of imidazole rings is 1. The van der Waals surface area contributed by atoms with Gasteiger partial charge in [0.15, 0.2) is 5.65 Å². The predicted molar refractivity (Wildman–Crippen MR) is 121 cm³/mol. The summed E-state index contributed by atoms with van der Waals surface area (Å²) < 4.78 is 3.35. The van der Waals surface area contributed by atoms with Crippen LogP contribution in [0.4, 0.5) is 0 Å². The van der Waals surface area contributed by atoms with Crippen molar-refractivity contribution in [3.05, 3.63) is 92.7 Å². The SMILES string of the molecule is Cc1ccc(Cn2c(=O)n(CCNC(=O)C=Cc3cccs3)c3ncccc32)cc1. The van der Waals surface area contributed by atoms with E-state index in [-0.39, 0.29) is 11.6 Å². The van der Waals surface area contributed by atoms with Gasteiger partial charge in [0.25, 0.3) is 0 Å². The van der Waals surface area contributed by atoms with E-state index >= 15 is 0 Å². The Kier molecular flexibility index (Phi) is 5.90. The fraction of sp³-hybridized carbons (Fsp3) is 0.174. The number of hydrogen-bond donors (Lipinski definition) is 1. The summed E-state index contributed by atoms with van der Waals surface area (Å²) >= 11 is 1.57. The fourth-order valence-corrected chi connectivity index (χ4v) is 3.89. The van der Waals surface area contributed by atoms with Crippen molar-refractivity contribution in [2.24, 2.45) is 0 Å². The van der Waals surface area contributed by atoms with Crippen LogP contribution in [0.3, 0.4) is 0 Å². The van der Waals surface area contributed by atoms with Gasteiger partial charge < -0.3 is 5.32 Å². The second-order valence-electron chi connectivity index (χ2n) is 6.99. The summed E-state index contributed by atoms with van der Waals surface area (Å²) in [7, 11) is 0. The van der Waals surface area contributed by atoms with Gasteiger partial charge in [-0.1, -0.05) is 35.9 Å². The maximum Gasteiger partial charge on any atom is 0.330 e. The Bertz CT molecular complexity index is 1230. The molecule has 30 heavy (non-hydrogen) atoms. The van der Waals surface area contributed by atoms with Crippen molar-refractivity contribution in [3.63, 3.8) is 0 Å². The summed E-state index contributed by atoms with van der Waals surface area (Å²) in [6.07, 6.45) is 4.96. The van der Waals surface area contributed by atoms with Crippen LogP contribution in [0.1, 0.15) is 16.0 Å². The number of rotatable bonds is 7. The fourth-order valence-electron chi connectivity index (χ4n) is 3.27. The van der Waals surface area contributed by atoms with Gasteiger partial charge in [0.2, 0.25) is 5.91 Å². The number of benzene rings is 1. The zero-order valence-electron chi connectivity index (χ0n) is 16.6. The van der Waals surface area contributed by atoms with Gasteiger partial charge >= 0.3 is 5.69 Å². The highest BCUT2D eigenvalue weighted by atomic mass is 32.1. The van der Waals surface area contributed by atoms with Crippen LogP contribution in [-0.2, 0) is 17.9 Å². The monoisotopic (exact) mass is 418 g/mol. The summed E-state index contributed by atoms with van der Waals surface area (Å²) in [5.74, 6) is -0.187. The molecule has 0 saturated heterocycles. The Labute approximate surface area is 178 Å². The zero-order chi connectivity index (χ0) is 20.9. The number of thiophene rings is 1. The number of carbonyl (C=O) groups excluding carboxylic acids is 1. The molecule has 152 valence electrons. The molecule has 0 aliphatic rings. The van der Waals surface area contributed by atoms with E-state index in [0.717, 1.165) is 16.0 Å². The minimum absolute atomic E-state index is 0.132. The molecule has 3 heterocycles. The lowest BCUT2D eigenvalue weighted by Crippen LogP contribution is -2.31. The second kappa shape index (κ2) is 8.92. The van der Waals surface area contributed by atoms with Crippen LogP contribution in [0, 0.1) is 6.92 Å². The van der Waals surface area contributed by atoms with E-state index in [4.69, 9.17) is 0 Å². The Balaban J connectivity index is 1.50. The number of aromatic nitrogens is 3. The van der Waals surface area contributed by atoms with Crippen molar-refractivity contribution in [2.45, 2.75) is 20.0 Å². The van der Waals surface area contributed by atoms with E-state index in [2.05, 4.69) is 10.3 Å². The third-order valence-electron chi connectivity index (χ3n) is 4.81. The number of pyridine rings is 1. The van der Waals surface area contributed by atoms with Gasteiger partial charge in [-0.2, -0.15) is 0 Å². The molecule has 0 aliphatic carbocycles. The van der Waals surface area contributed by atoms with Crippen molar-refractivity contribution in [2.75, 3.05) is 6.54 Å². The molecule has 1 amide bonds. The molecule has 0 fully saturated rings. The molecule has 0 spiro atoms. The first-order valence-electron chi connectivity index (χ1n) is 9.71. The summed E-state index contributed by atoms with van der Waals surface area (Å²) in [5.41, 5.74) is 3.51. The minimum Gasteiger partial charge on any atom is -0.351 e. The van der Waals surface area contributed by atoms with Gasteiger partial charge in [-0.3, -0.25) is 13.9 Å². The van der Waals surface area contributed by atoms with Crippen LogP contribution in [0.15, 0.2) is 71.0 Å². The van der Waals surface area contributed by atoms with Crippen molar-refractivity contribution in [1.82, 2.24) is 19.4 Å². The third kappa shape index (κ3) is 4.41. The molecule has 4 rings (SSSR count). The molecular formula is C23H22N4O2S. The van der Waals surface area contributed by atoms with E-state index in [1.807, 2.05) is 60.8 Å². The number of fused-ring (bicyclic) bond motifs is 1. The Hall–Kier alpha value is -3.45. The first-order chi connectivity index (χ1) is 14.6. The van der Waals surface area contributed by atoms with Crippen LogP contribution >= 0.6 is 11.3 Å². The van der Waals surface area contributed by atoms with Gasteiger partial charge in [0, 0.05) is 30.2 Å². The maximum atomic E-state index is 13.1. The van der Waals surface area contributed by atoms with Crippen molar-refractivity contribution in [3.8, 4) is 0 Å². The van der Waals surface area contributed by atoms with Crippen LogP contribution in [0.2, 0.25) is 0 Å². The molecule has 7 heteroatoms. The lowest BCUT2D eigenvalue weighted by molar-refractivity contribution is -0.116. The third-order valence-corrected chi connectivity index (χ3v) is 5.65. The number of nitrogens with zero attached hydrogens (tertiary/aromatic N) is 3. The average molecular weight is 419 g/mol. The molecule has 1 N–H and O–H groups in total. The van der Waals surface area contributed by atoms with E-state index in [1.54, 1.807) is 32.7 Å². The molecule has 0 atom stereocenters. The van der Waals surface area contributed by atoms with E-state index in [0.29, 0.717) is 25.3 Å². The number of hydrogen-bond acceptors (Lipinski definition) is 4. The standard InChI is InChI=1S/C23H22N4O2S/c1-17-6-8-18(9-7-17)16-27-20-5-2-12-25-22(20)26(23(27)29)14-13-24-21(28)11-10-19-4-3-15-30-19/h2-12,15H,13-14,16H2,1H3,(H,24,28). The number of carbonyl (C=O) groups is 1. The lowest BCUT2D eigenvalue weighted by atomic mass is 10.1. The maximum absolute atomic E-state index is 13.1. The zero-order valence-corrected chi connectivity index (χ0v) is 17.4. The van der Waals surface area contributed by atoms with E-state index < -0.39 is 0 Å². The van der Waals surface area contributed by atoms with Crippen molar-refractivity contribution < 1.29 is 4.79 Å². The number of nitrogens with one attached hydrogen (secondary N) is 1. The lowest BCUT2D eigenvalue weighted by Gasteiger charge is -2.04. The average Bonchev–Trinajstić information content (AvgIpc) is 3.36. The van der Waals surface area contributed by atoms with Gasteiger partial charge in [-0.25, -0.2) is 9.78 Å². The first-order valence-corrected chi connectivity index (χ1v) is 10.6. The molecular weight excluding hydrogens is 396 g/mol. The van der Waals surface area contributed by atoms with Crippen LogP contribution < -0.4 is 11.0 Å². The topological polar surface area (TPSA) is 68.9 Å². The van der Waals surface area contributed by atoms with E-state index in [9.17, 15) is 9.59 Å². The Morgan fingerprint density at radius 3 is 2.73 bits per heavy atom. The molecule has 3 aromatic heterocycles. The van der Waals surface area contributed by atoms with Gasteiger partial charge in [0.1, 0.15) is 0 Å². The van der Waals surface area contributed by atoms with Crippen molar-refractivity contribution in [1.29, 1.82) is 0 Å². The summed E-state index contributed by atoms with van der Waals surface area (Å²) in [4.78, 5) is 30.5. The van der Waals surface area contributed by atoms with Crippen LogP contribution in [0.5, 0.6) is 0 Å². The minimum atomic E-state index is -0.187. The normalized spacial score (nSPS) is 11.4. The highest BCUT2D eigenvalue weighted by molar-refractivity contribution is 7.10. The quantitative estimate of drug-likeness (QED) is 0.468. The summed E-state index contributed by atoms with van der Waals surface area (Å²) in [6, 6.07) is 15.7. The molecule has 0 saturated carbocycles. The second-order valence-corrected chi connectivity index (χ2v) is 7.97.